The SMILES string of the molecule is CN(C)c1ccc(C2(C)C(C#N)C(=O)NC(=O)C2C#N)cc1. The van der Waals surface area contributed by atoms with Gasteiger partial charge in [-0.3, -0.25) is 14.9 Å². The number of imide groups is 1. The molecule has 0 spiro atoms. The van der Waals surface area contributed by atoms with Gasteiger partial charge in [-0.2, -0.15) is 10.5 Å². The Hall–Kier alpha value is -2.86. The maximum absolute atomic E-state index is 12.0. The average Bonchev–Trinajstić information content (AvgIpc) is 2.47. The van der Waals surface area contributed by atoms with Crippen LogP contribution in [0.4, 0.5) is 5.69 Å². The number of benzene rings is 1. The summed E-state index contributed by atoms with van der Waals surface area (Å²) in [7, 11) is 3.79. The summed E-state index contributed by atoms with van der Waals surface area (Å²) in [5.41, 5.74) is 0.397. The summed E-state index contributed by atoms with van der Waals surface area (Å²) < 4.78 is 0. The van der Waals surface area contributed by atoms with E-state index in [2.05, 4.69) is 5.32 Å². The first-order chi connectivity index (χ1) is 10.4. The third-order valence-electron chi connectivity index (χ3n) is 4.23. The molecule has 1 aromatic rings. The predicted molar refractivity (Wildman–Crippen MR) is 79.5 cm³/mol. The normalized spacial score (nSPS) is 27.5. The third kappa shape index (κ3) is 2.19. The molecule has 2 atom stereocenters. The second-order valence-corrected chi connectivity index (χ2v) is 5.70. The molecule has 2 amide bonds. The van der Waals surface area contributed by atoms with Gasteiger partial charge in [0.1, 0.15) is 11.8 Å². The number of rotatable bonds is 2. The minimum atomic E-state index is -1.17. The van der Waals surface area contributed by atoms with Crippen molar-refractivity contribution in [1.82, 2.24) is 5.32 Å². The van der Waals surface area contributed by atoms with Crippen molar-refractivity contribution in [3.63, 3.8) is 0 Å². The molecule has 2 rings (SSSR count). The van der Waals surface area contributed by atoms with E-state index in [9.17, 15) is 20.1 Å². The number of carbonyl (C=O) groups is 2. The molecular weight excluding hydrogens is 280 g/mol. The van der Waals surface area contributed by atoms with Gasteiger partial charge in [0.25, 0.3) is 0 Å². The van der Waals surface area contributed by atoms with Crippen molar-refractivity contribution in [2.24, 2.45) is 11.8 Å². The lowest BCUT2D eigenvalue weighted by molar-refractivity contribution is -0.140. The van der Waals surface area contributed by atoms with Crippen LogP contribution in [-0.2, 0) is 15.0 Å². The van der Waals surface area contributed by atoms with Gasteiger partial charge in [-0.1, -0.05) is 19.1 Å². The van der Waals surface area contributed by atoms with Crippen LogP contribution in [0.3, 0.4) is 0 Å². The molecule has 22 heavy (non-hydrogen) atoms. The van der Waals surface area contributed by atoms with Crippen LogP contribution in [0.5, 0.6) is 0 Å². The average molecular weight is 296 g/mol. The molecule has 1 aliphatic rings. The largest absolute Gasteiger partial charge is 0.378 e. The van der Waals surface area contributed by atoms with Gasteiger partial charge in [0, 0.05) is 25.2 Å². The molecule has 6 heteroatoms. The van der Waals surface area contributed by atoms with E-state index in [-0.39, 0.29) is 0 Å². The van der Waals surface area contributed by atoms with Crippen molar-refractivity contribution < 1.29 is 9.59 Å². The number of nitrogens with one attached hydrogen (secondary N) is 1. The molecule has 1 aromatic carbocycles. The highest BCUT2D eigenvalue weighted by molar-refractivity contribution is 6.04. The van der Waals surface area contributed by atoms with Crippen molar-refractivity contribution >= 4 is 17.5 Å². The Morgan fingerprint density at radius 1 is 1.05 bits per heavy atom. The second-order valence-electron chi connectivity index (χ2n) is 5.70. The van der Waals surface area contributed by atoms with Gasteiger partial charge in [0.15, 0.2) is 0 Å². The summed E-state index contributed by atoms with van der Waals surface area (Å²) in [4.78, 5) is 25.9. The van der Waals surface area contributed by atoms with Crippen LogP contribution >= 0.6 is 0 Å². The number of hydrogen-bond acceptors (Lipinski definition) is 5. The van der Waals surface area contributed by atoms with E-state index in [1.54, 1.807) is 19.1 Å². The molecule has 0 radical (unpaired) electrons. The monoisotopic (exact) mass is 296 g/mol. The number of carbonyl (C=O) groups excluding carboxylic acids is 2. The Bertz CT molecular complexity index is 662. The molecule has 0 bridgehead atoms. The van der Waals surface area contributed by atoms with Crippen molar-refractivity contribution in [1.29, 1.82) is 10.5 Å². The van der Waals surface area contributed by atoms with E-state index < -0.39 is 29.1 Å². The van der Waals surface area contributed by atoms with Gasteiger partial charge in [0.05, 0.1) is 12.1 Å². The molecule has 0 aliphatic carbocycles. The minimum Gasteiger partial charge on any atom is -0.378 e. The highest BCUT2D eigenvalue weighted by atomic mass is 16.2. The Morgan fingerprint density at radius 2 is 1.50 bits per heavy atom. The summed E-state index contributed by atoms with van der Waals surface area (Å²) in [6.45, 7) is 1.62. The lowest BCUT2D eigenvalue weighted by Gasteiger charge is -2.40. The van der Waals surface area contributed by atoms with Gasteiger partial charge in [0.2, 0.25) is 11.8 Å². The topological polar surface area (TPSA) is 97.0 Å². The quantitative estimate of drug-likeness (QED) is 0.819. The van der Waals surface area contributed by atoms with E-state index >= 15 is 0 Å². The third-order valence-corrected chi connectivity index (χ3v) is 4.23. The van der Waals surface area contributed by atoms with Crippen molar-refractivity contribution in [3.05, 3.63) is 29.8 Å². The number of nitriles is 2. The van der Waals surface area contributed by atoms with Crippen LogP contribution in [-0.4, -0.2) is 25.9 Å². The smallest absolute Gasteiger partial charge is 0.244 e. The van der Waals surface area contributed by atoms with Gasteiger partial charge >= 0.3 is 0 Å². The van der Waals surface area contributed by atoms with E-state index in [1.165, 1.54) is 0 Å². The summed E-state index contributed by atoms with van der Waals surface area (Å²) in [6, 6.07) is 11.1. The van der Waals surface area contributed by atoms with Gasteiger partial charge in [-0.25, -0.2) is 0 Å². The van der Waals surface area contributed by atoms with Crippen LogP contribution in [0.1, 0.15) is 12.5 Å². The Morgan fingerprint density at radius 3 is 1.86 bits per heavy atom. The lowest BCUT2D eigenvalue weighted by Crippen LogP contribution is -2.58. The van der Waals surface area contributed by atoms with Crippen LogP contribution in [0, 0.1) is 34.5 Å². The standard InChI is InChI=1S/C16H16N4O2/c1-16(10-4-6-11(7-5-10)20(2)3)12(8-17)14(21)19-15(22)13(16)9-18/h4-7,12-13H,1-3H3,(H,19,21,22). The molecule has 1 aliphatic heterocycles. The van der Waals surface area contributed by atoms with E-state index in [0.29, 0.717) is 5.56 Å². The fraction of sp³-hybridized carbons (Fsp3) is 0.375. The number of piperidine rings is 1. The lowest BCUT2D eigenvalue weighted by atomic mass is 9.62. The van der Waals surface area contributed by atoms with Crippen LogP contribution in [0.15, 0.2) is 24.3 Å². The zero-order valence-corrected chi connectivity index (χ0v) is 12.6. The maximum atomic E-state index is 12.0. The molecule has 0 aromatic heterocycles. The number of amides is 2. The number of hydrogen-bond donors (Lipinski definition) is 1. The molecule has 112 valence electrons. The highest BCUT2D eigenvalue weighted by Gasteiger charge is 2.54. The van der Waals surface area contributed by atoms with Crippen molar-refractivity contribution in [3.8, 4) is 12.1 Å². The van der Waals surface area contributed by atoms with E-state index in [4.69, 9.17) is 0 Å². The van der Waals surface area contributed by atoms with Crippen LogP contribution < -0.4 is 10.2 Å². The first-order valence-corrected chi connectivity index (χ1v) is 6.78. The molecule has 2 unspecified atom stereocenters. The van der Waals surface area contributed by atoms with Crippen molar-refractivity contribution in [2.45, 2.75) is 12.3 Å². The second kappa shape index (κ2) is 5.50. The minimum absolute atomic E-state index is 0.624. The fourth-order valence-electron chi connectivity index (χ4n) is 2.81. The summed E-state index contributed by atoms with van der Waals surface area (Å²) >= 11 is 0. The van der Waals surface area contributed by atoms with Gasteiger partial charge < -0.3 is 4.90 Å². The zero-order valence-electron chi connectivity index (χ0n) is 12.6. The van der Waals surface area contributed by atoms with Crippen molar-refractivity contribution in [2.75, 3.05) is 19.0 Å². The zero-order chi connectivity index (χ0) is 16.5. The Labute approximate surface area is 128 Å². The summed E-state index contributed by atoms with van der Waals surface area (Å²) in [5, 5.41) is 20.8. The molecule has 6 nitrogen and oxygen atoms in total. The van der Waals surface area contributed by atoms with Gasteiger partial charge in [-0.05, 0) is 17.7 Å². The molecule has 0 saturated carbocycles. The first kappa shape index (κ1) is 15.5. The molecule has 1 N–H and O–H groups in total. The molecular formula is C16H16N4O2. The maximum Gasteiger partial charge on any atom is 0.244 e. The molecule has 1 heterocycles. The number of nitrogens with zero attached hydrogens (tertiary/aromatic N) is 3. The van der Waals surface area contributed by atoms with E-state index in [0.717, 1.165) is 5.69 Å². The summed E-state index contributed by atoms with van der Waals surface area (Å²) in [6.07, 6.45) is 0. The molecule has 1 saturated heterocycles. The Balaban J connectivity index is 2.59. The highest BCUT2D eigenvalue weighted by Crippen LogP contribution is 2.42. The molecule has 1 fully saturated rings. The Kier molecular flexibility index (Phi) is 3.88. The number of anilines is 1. The van der Waals surface area contributed by atoms with E-state index in [1.807, 2.05) is 43.3 Å². The van der Waals surface area contributed by atoms with Gasteiger partial charge in [-0.15, -0.1) is 0 Å². The van der Waals surface area contributed by atoms with Crippen LogP contribution in [0.25, 0.3) is 0 Å². The van der Waals surface area contributed by atoms with Crippen LogP contribution in [0.2, 0.25) is 0 Å². The first-order valence-electron chi connectivity index (χ1n) is 6.78. The summed E-state index contributed by atoms with van der Waals surface area (Å²) in [5.74, 6) is -3.50. The fourth-order valence-corrected chi connectivity index (χ4v) is 2.81. The predicted octanol–water partition coefficient (Wildman–Crippen LogP) is 0.946.